The molecule has 0 bridgehead atoms. The van der Waals surface area contributed by atoms with Crippen LogP contribution in [-0.4, -0.2) is 25.1 Å². The number of aliphatic carboxylic acids is 1. The quantitative estimate of drug-likeness (QED) is 0.756. The molecule has 22 heavy (non-hydrogen) atoms. The molecule has 0 aliphatic heterocycles. The molecule has 0 fully saturated rings. The number of carboxylic acids is 1. The Labute approximate surface area is 134 Å². The molecule has 1 aliphatic carbocycles. The Morgan fingerprint density at radius 1 is 1.50 bits per heavy atom. The summed E-state index contributed by atoms with van der Waals surface area (Å²) in [6, 6.07) is 0. The van der Waals surface area contributed by atoms with Crippen LogP contribution in [0.3, 0.4) is 0 Å². The number of hydrogen-bond donors (Lipinski definition) is 2. The maximum absolute atomic E-state index is 11.8. The molecule has 0 saturated carbocycles. The van der Waals surface area contributed by atoms with Gasteiger partial charge in [-0.1, -0.05) is 43.4 Å². The fraction of sp³-hybridized carbons (Fsp3) is 0.471. The van der Waals surface area contributed by atoms with Crippen LogP contribution in [0.1, 0.15) is 34.1 Å². The van der Waals surface area contributed by atoms with Gasteiger partial charge in [-0.25, -0.2) is 4.21 Å². The van der Waals surface area contributed by atoms with E-state index in [2.05, 4.69) is 6.58 Å². The lowest BCUT2D eigenvalue weighted by atomic mass is 9.75. The van der Waals surface area contributed by atoms with E-state index in [1.165, 1.54) is 0 Å². The Kier molecular flexibility index (Phi) is 6.08. The average molecular weight is 324 g/mol. The first-order valence-electron chi connectivity index (χ1n) is 7.18. The Morgan fingerprint density at radius 3 is 2.50 bits per heavy atom. The summed E-state index contributed by atoms with van der Waals surface area (Å²) in [4.78, 5) is 11.4. The summed E-state index contributed by atoms with van der Waals surface area (Å²) in [5.41, 5.74) is 1.57. The molecule has 0 heterocycles. The van der Waals surface area contributed by atoms with Gasteiger partial charge in [-0.15, -0.1) is 0 Å². The van der Waals surface area contributed by atoms with E-state index in [9.17, 15) is 18.7 Å². The van der Waals surface area contributed by atoms with Crippen LogP contribution in [-0.2, 0) is 15.9 Å². The van der Waals surface area contributed by atoms with Gasteiger partial charge in [-0.05, 0) is 44.3 Å². The Bertz CT molecular complexity index is 581. The zero-order chi connectivity index (χ0) is 17.1. The maximum Gasteiger partial charge on any atom is 0.309 e. The molecular weight excluding hydrogens is 300 g/mol. The second-order valence-corrected chi connectivity index (χ2v) is 7.23. The van der Waals surface area contributed by atoms with E-state index < -0.39 is 27.7 Å². The first-order chi connectivity index (χ1) is 10.2. The van der Waals surface area contributed by atoms with Gasteiger partial charge in [-0.2, -0.15) is 0 Å². The lowest BCUT2D eigenvalue weighted by Gasteiger charge is -2.34. The summed E-state index contributed by atoms with van der Waals surface area (Å²) in [6.07, 6.45) is 7.51. The van der Waals surface area contributed by atoms with Gasteiger partial charge >= 0.3 is 5.97 Å². The molecule has 0 aromatic heterocycles. The highest BCUT2D eigenvalue weighted by molar-refractivity contribution is 7.80. The molecule has 0 amide bonds. The van der Waals surface area contributed by atoms with E-state index in [-0.39, 0.29) is 5.92 Å². The lowest BCUT2D eigenvalue weighted by Crippen LogP contribution is -2.34. The summed E-state index contributed by atoms with van der Waals surface area (Å²) in [5.74, 6) is -1.08. The Hall–Kier alpha value is -1.46. The van der Waals surface area contributed by atoms with Gasteiger partial charge in [-0.3, -0.25) is 4.79 Å². The summed E-state index contributed by atoms with van der Waals surface area (Å²) in [7, 11) is 0. The van der Waals surface area contributed by atoms with Crippen molar-refractivity contribution in [1.82, 2.24) is 0 Å². The highest BCUT2D eigenvalue weighted by Crippen LogP contribution is 2.40. The number of carboxylic acid groups (broad SMARTS) is 1. The normalized spacial score (nSPS) is 27.6. The van der Waals surface area contributed by atoms with E-state index in [0.29, 0.717) is 6.42 Å². The van der Waals surface area contributed by atoms with Gasteiger partial charge in [0.2, 0.25) is 0 Å². The maximum atomic E-state index is 11.8. The molecule has 0 saturated heterocycles. The zero-order valence-electron chi connectivity index (χ0n) is 13.5. The number of allylic oxidation sites excluding steroid dienone is 6. The molecule has 2 N–H and O–H groups in total. The highest BCUT2D eigenvalue weighted by Gasteiger charge is 2.38. The van der Waals surface area contributed by atoms with E-state index in [0.717, 1.165) is 16.7 Å². The molecule has 0 aromatic rings. The van der Waals surface area contributed by atoms with Crippen LogP contribution >= 0.6 is 0 Å². The van der Waals surface area contributed by atoms with Gasteiger partial charge in [0.1, 0.15) is 0 Å². The first kappa shape index (κ1) is 18.6. The van der Waals surface area contributed by atoms with Crippen molar-refractivity contribution < 1.29 is 18.7 Å². The van der Waals surface area contributed by atoms with Crippen LogP contribution in [0.5, 0.6) is 0 Å². The molecule has 0 aromatic carbocycles. The van der Waals surface area contributed by atoms with Crippen molar-refractivity contribution in [2.24, 2.45) is 11.3 Å². The molecule has 0 spiro atoms. The van der Waals surface area contributed by atoms with Crippen LogP contribution in [0.2, 0.25) is 0 Å². The predicted molar refractivity (Wildman–Crippen MR) is 89.9 cm³/mol. The molecular formula is C17H24O4S. The predicted octanol–water partition coefficient (Wildman–Crippen LogP) is 3.71. The van der Waals surface area contributed by atoms with E-state index in [4.69, 9.17) is 0 Å². The van der Waals surface area contributed by atoms with Gasteiger partial charge in [0.15, 0.2) is 11.1 Å². The minimum Gasteiger partial charge on any atom is -0.481 e. The van der Waals surface area contributed by atoms with Gasteiger partial charge in [0.05, 0.1) is 10.7 Å². The average Bonchev–Trinajstić information content (AvgIpc) is 2.41. The molecule has 0 radical (unpaired) electrons. The topological polar surface area (TPSA) is 74.6 Å². The van der Waals surface area contributed by atoms with Crippen molar-refractivity contribution in [1.29, 1.82) is 0 Å². The number of rotatable bonds is 5. The van der Waals surface area contributed by atoms with E-state index in [1.54, 1.807) is 26.0 Å². The lowest BCUT2D eigenvalue weighted by molar-refractivity contribution is -0.146. The summed E-state index contributed by atoms with van der Waals surface area (Å²) < 4.78 is 21.5. The zero-order valence-corrected chi connectivity index (χ0v) is 14.3. The molecule has 1 rings (SSSR count). The summed E-state index contributed by atoms with van der Waals surface area (Å²) in [6.45, 7) is 10.7. The van der Waals surface area contributed by atoms with Crippen molar-refractivity contribution >= 4 is 17.0 Å². The van der Waals surface area contributed by atoms with Crippen molar-refractivity contribution in [3.05, 3.63) is 47.6 Å². The van der Waals surface area contributed by atoms with Crippen molar-refractivity contribution in [2.45, 2.75) is 39.4 Å². The third-order valence-electron chi connectivity index (χ3n) is 4.07. The van der Waals surface area contributed by atoms with Gasteiger partial charge in [0, 0.05) is 0 Å². The summed E-state index contributed by atoms with van der Waals surface area (Å²) >= 11 is -2.03. The summed E-state index contributed by atoms with van der Waals surface area (Å²) in [5, 5.41) is 8.77. The highest BCUT2D eigenvalue weighted by atomic mass is 32.2. The second-order valence-electron chi connectivity index (χ2n) is 6.17. The van der Waals surface area contributed by atoms with Gasteiger partial charge in [0.25, 0.3) is 0 Å². The van der Waals surface area contributed by atoms with E-state index >= 15 is 0 Å². The number of carbonyl (C=O) groups is 1. The molecule has 2 unspecified atom stereocenters. The van der Waals surface area contributed by atoms with Crippen LogP contribution < -0.4 is 0 Å². The van der Waals surface area contributed by atoms with Crippen LogP contribution in [0.25, 0.3) is 0 Å². The second kappa shape index (κ2) is 7.20. The minimum absolute atomic E-state index is 0.197. The Morgan fingerprint density at radius 2 is 2.09 bits per heavy atom. The molecule has 1 aliphatic rings. The monoisotopic (exact) mass is 324 g/mol. The molecule has 122 valence electrons. The standard InChI is InChI=1S/C17H24O4S/c1-6-8-12-9-13(10-17(4,5)16(18)19)11(3)15(22(20)21)14(12)7-2/h6-9,11,15H,1,10H2,2-5H3,(H,18,19)(H,20,21)/b12-8-,14-7+/t11-,15?/m1/s1. The van der Waals surface area contributed by atoms with Crippen LogP contribution in [0.4, 0.5) is 0 Å². The SMILES string of the molecule is C=C/C=C1/C=C(CC(C)(C)C(=O)O)[C@@H](C)C(S(=O)O)/C1=C/C. The Balaban J connectivity index is 3.38. The smallest absolute Gasteiger partial charge is 0.309 e. The molecule has 3 atom stereocenters. The molecule has 5 heteroatoms. The van der Waals surface area contributed by atoms with Gasteiger partial charge < -0.3 is 9.66 Å². The third kappa shape index (κ3) is 3.84. The van der Waals surface area contributed by atoms with Crippen molar-refractivity contribution in [3.8, 4) is 0 Å². The fourth-order valence-electron chi connectivity index (χ4n) is 2.73. The van der Waals surface area contributed by atoms with Crippen LogP contribution in [0.15, 0.2) is 47.6 Å². The minimum atomic E-state index is -2.03. The van der Waals surface area contributed by atoms with Crippen molar-refractivity contribution in [3.63, 3.8) is 0 Å². The first-order valence-corrected chi connectivity index (χ1v) is 8.35. The third-order valence-corrected chi connectivity index (χ3v) is 5.17. The largest absolute Gasteiger partial charge is 0.481 e. The van der Waals surface area contributed by atoms with E-state index in [1.807, 2.05) is 26.0 Å². The van der Waals surface area contributed by atoms with Crippen molar-refractivity contribution in [2.75, 3.05) is 0 Å². The molecule has 4 nitrogen and oxygen atoms in total. The fourth-order valence-corrected chi connectivity index (χ4v) is 3.74. The number of hydrogen-bond acceptors (Lipinski definition) is 2. The van der Waals surface area contributed by atoms with Crippen LogP contribution in [0, 0.1) is 11.3 Å².